The molecule has 3 atom stereocenters. The lowest BCUT2D eigenvalue weighted by Gasteiger charge is -2.21. The van der Waals surface area contributed by atoms with E-state index in [1.54, 1.807) is 6.08 Å². The van der Waals surface area contributed by atoms with Gasteiger partial charge in [-0.1, -0.05) is 178 Å². The molecule has 0 heterocycles. The number of hydrogen-bond acceptors (Lipinski definition) is 4. The van der Waals surface area contributed by atoms with E-state index in [1.807, 2.05) is 6.08 Å². The van der Waals surface area contributed by atoms with E-state index in [2.05, 4.69) is 55.6 Å². The van der Waals surface area contributed by atoms with E-state index in [1.165, 1.54) is 128 Å². The Morgan fingerprint density at radius 2 is 0.837 bits per heavy atom. The molecule has 0 fully saturated rings. The molecule has 286 valence electrons. The maximum absolute atomic E-state index is 12.4. The van der Waals surface area contributed by atoms with Crippen LogP contribution in [0.25, 0.3) is 0 Å². The largest absolute Gasteiger partial charge is 0.394 e. The number of rotatable bonds is 37. The summed E-state index contributed by atoms with van der Waals surface area (Å²) in [6.45, 7) is 4.15. The van der Waals surface area contributed by atoms with E-state index >= 15 is 0 Å². The molecular weight excluding hydrogens is 606 g/mol. The van der Waals surface area contributed by atoms with Crippen LogP contribution in [0, 0.1) is 0 Å². The standard InChI is InChI=1S/C44H81NO4/c1-3-5-7-9-11-13-15-17-19-21-23-25-27-29-31-33-35-37-39-43(48)44(49)45-41(40-46)42(47)38-36-34-32-30-28-26-24-22-20-18-16-14-12-10-8-6-4-2/h20-23,28,30,36,38,41-43,46-48H,3-19,24-27,29,31-35,37,39-40H2,1-2H3,(H,45,49)/b22-20+,23-21-,30-28+,38-36+. The predicted octanol–water partition coefficient (Wildman–Crippen LogP) is 11.8. The molecule has 0 rings (SSSR count). The highest BCUT2D eigenvalue weighted by Gasteiger charge is 2.22. The Kier molecular flexibility index (Phi) is 37.8. The van der Waals surface area contributed by atoms with Gasteiger partial charge in [0, 0.05) is 0 Å². The SMILES string of the molecule is CCCCCCCCC/C=C/CC/C=C/CC/C=C/C(O)C(CO)NC(=O)C(O)CCCCCCCC/C=C\CCCCCCCCCC. The minimum absolute atomic E-state index is 0.384. The minimum Gasteiger partial charge on any atom is -0.394 e. The highest BCUT2D eigenvalue weighted by atomic mass is 16.3. The fraction of sp³-hybridized carbons (Fsp3) is 0.795. The van der Waals surface area contributed by atoms with Gasteiger partial charge in [0.25, 0.3) is 0 Å². The summed E-state index contributed by atoms with van der Waals surface area (Å²) >= 11 is 0. The zero-order valence-corrected chi connectivity index (χ0v) is 32.3. The molecule has 0 aromatic rings. The Labute approximate surface area is 304 Å². The van der Waals surface area contributed by atoms with Crippen LogP contribution in [0.3, 0.4) is 0 Å². The van der Waals surface area contributed by atoms with Gasteiger partial charge in [0.1, 0.15) is 6.10 Å². The van der Waals surface area contributed by atoms with E-state index in [0.717, 1.165) is 51.4 Å². The summed E-state index contributed by atoms with van der Waals surface area (Å²) in [6.07, 6.45) is 49.9. The van der Waals surface area contributed by atoms with Gasteiger partial charge in [-0.25, -0.2) is 0 Å². The van der Waals surface area contributed by atoms with Gasteiger partial charge < -0.3 is 20.6 Å². The summed E-state index contributed by atoms with van der Waals surface area (Å²) in [6, 6.07) is -0.823. The van der Waals surface area contributed by atoms with Gasteiger partial charge in [0.05, 0.1) is 18.8 Å². The van der Waals surface area contributed by atoms with Gasteiger partial charge >= 0.3 is 0 Å². The molecule has 49 heavy (non-hydrogen) atoms. The smallest absolute Gasteiger partial charge is 0.249 e. The maximum atomic E-state index is 12.4. The van der Waals surface area contributed by atoms with Crippen molar-refractivity contribution in [3.05, 3.63) is 48.6 Å². The molecule has 1 amide bonds. The van der Waals surface area contributed by atoms with Gasteiger partial charge in [-0.2, -0.15) is 0 Å². The third-order valence-corrected chi connectivity index (χ3v) is 9.37. The third kappa shape index (κ3) is 34.5. The van der Waals surface area contributed by atoms with Gasteiger partial charge in [-0.3, -0.25) is 4.79 Å². The van der Waals surface area contributed by atoms with Gasteiger partial charge in [0.2, 0.25) is 5.91 Å². The van der Waals surface area contributed by atoms with Crippen molar-refractivity contribution >= 4 is 5.91 Å². The molecule has 3 unspecified atom stereocenters. The van der Waals surface area contributed by atoms with Crippen LogP contribution in [0.1, 0.15) is 200 Å². The van der Waals surface area contributed by atoms with Crippen LogP contribution in [0.4, 0.5) is 0 Å². The first-order valence-electron chi connectivity index (χ1n) is 21.0. The number of aliphatic hydroxyl groups excluding tert-OH is 3. The van der Waals surface area contributed by atoms with Crippen molar-refractivity contribution in [2.45, 2.75) is 218 Å². The van der Waals surface area contributed by atoms with Crippen LogP contribution in [-0.4, -0.2) is 46.1 Å². The van der Waals surface area contributed by atoms with E-state index < -0.39 is 24.2 Å². The quantitative estimate of drug-likeness (QED) is 0.0386. The topological polar surface area (TPSA) is 89.8 Å². The summed E-state index contributed by atoms with van der Waals surface area (Å²) in [4.78, 5) is 12.4. The molecule has 0 aliphatic heterocycles. The van der Waals surface area contributed by atoms with Crippen LogP contribution >= 0.6 is 0 Å². The average Bonchev–Trinajstić information content (AvgIpc) is 3.11. The highest BCUT2D eigenvalue weighted by molar-refractivity contribution is 5.80. The average molecular weight is 688 g/mol. The van der Waals surface area contributed by atoms with Crippen molar-refractivity contribution in [3.8, 4) is 0 Å². The van der Waals surface area contributed by atoms with Crippen LogP contribution in [0.15, 0.2) is 48.6 Å². The second-order valence-corrected chi connectivity index (χ2v) is 14.2. The first-order chi connectivity index (χ1) is 24.1. The summed E-state index contributed by atoms with van der Waals surface area (Å²) in [5.41, 5.74) is 0. The van der Waals surface area contributed by atoms with Crippen LogP contribution in [-0.2, 0) is 4.79 Å². The minimum atomic E-state index is -1.11. The molecule has 0 aliphatic carbocycles. The fourth-order valence-corrected chi connectivity index (χ4v) is 6.03. The van der Waals surface area contributed by atoms with Crippen molar-refractivity contribution in [3.63, 3.8) is 0 Å². The zero-order chi connectivity index (χ0) is 35.9. The molecule has 5 nitrogen and oxygen atoms in total. The van der Waals surface area contributed by atoms with Crippen LogP contribution in [0.2, 0.25) is 0 Å². The Morgan fingerprint density at radius 3 is 1.24 bits per heavy atom. The number of aliphatic hydroxyl groups is 3. The highest BCUT2D eigenvalue weighted by Crippen LogP contribution is 2.13. The predicted molar refractivity (Wildman–Crippen MR) is 213 cm³/mol. The van der Waals surface area contributed by atoms with E-state index in [0.29, 0.717) is 6.42 Å². The van der Waals surface area contributed by atoms with Crippen LogP contribution < -0.4 is 5.32 Å². The number of unbranched alkanes of at least 4 members (excludes halogenated alkanes) is 23. The van der Waals surface area contributed by atoms with E-state index in [-0.39, 0.29) is 6.61 Å². The second kappa shape index (κ2) is 39.1. The lowest BCUT2D eigenvalue weighted by atomic mass is 10.0. The summed E-state index contributed by atoms with van der Waals surface area (Å²) in [5.74, 6) is -0.523. The molecule has 0 aliphatic rings. The summed E-state index contributed by atoms with van der Waals surface area (Å²) < 4.78 is 0. The molecule has 0 aromatic carbocycles. The number of amides is 1. The van der Waals surface area contributed by atoms with Gasteiger partial charge in [-0.15, -0.1) is 0 Å². The fourth-order valence-electron chi connectivity index (χ4n) is 6.03. The van der Waals surface area contributed by atoms with Crippen molar-refractivity contribution in [2.24, 2.45) is 0 Å². The Balaban J connectivity index is 3.79. The van der Waals surface area contributed by atoms with Crippen molar-refractivity contribution in [2.75, 3.05) is 6.61 Å². The molecule has 0 aromatic heterocycles. The van der Waals surface area contributed by atoms with Crippen molar-refractivity contribution in [1.82, 2.24) is 5.32 Å². The first kappa shape index (κ1) is 47.3. The number of carbonyl (C=O) groups is 1. The number of allylic oxidation sites excluding steroid dienone is 7. The third-order valence-electron chi connectivity index (χ3n) is 9.37. The lowest BCUT2D eigenvalue weighted by molar-refractivity contribution is -0.131. The normalized spacial score (nSPS) is 14.1. The Morgan fingerprint density at radius 1 is 0.490 bits per heavy atom. The maximum Gasteiger partial charge on any atom is 0.249 e. The molecule has 4 N–H and O–H groups in total. The molecule has 0 saturated heterocycles. The van der Waals surface area contributed by atoms with Crippen molar-refractivity contribution < 1.29 is 20.1 Å². The molecular formula is C44H81NO4. The summed E-state index contributed by atoms with van der Waals surface area (Å²) in [7, 11) is 0. The number of nitrogens with one attached hydrogen (secondary N) is 1. The van der Waals surface area contributed by atoms with Crippen LogP contribution in [0.5, 0.6) is 0 Å². The zero-order valence-electron chi connectivity index (χ0n) is 32.3. The molecule has 5 heteroatoms. The number of carbonyl (C=O) groups excluding carboxylic acids is 1. The molecule has 0 saturated carbocycles. The van der Waals surface area contributed by atoms with E-state index in [4.69, 9.17) is 0 Å². The summed E-state index contributed by atoms with van der Waals surface area (Å²) in [5, 5.41) is 33.0. The van der Waals surface area contributed by atoms with Gasteiger partial charge in [-0.05, 0) is 70.6 Å². The lowest BCUT2D eigenvalue weighted by Crippen LogP contribution is -2.48. The first-order valence-corrected chi connectivity index (χ1v) is 21.0. The Hall–Kier alpha value is -1.69. The van der Waals surface area contributed by atoms with Crippen molar-refractivity contribution in [1.29, 1.82) is 0 Å². The second-order valence-electron chi connectivity index (χ2n) is 14.2. The van der Waals surface area contributed by atoms with E-state index in [9.17, 15) is 20.1 Å². The molecule has 0 bridgehead atoms. The van der Waals surface area contributed by atoms with Gasteiger partial charge in [0.15, 0.2) is 0 Å². The monoisotopic (exact) mass is 688 g/mol. The Bertz CT molecular complexity index is 805. The molecule has 0 radical (unpaired) electrons. The molecule has 0 spiro atoms. The number of hydrogen-bond donors (Lipinski definition) is 4.